The molecule has 1 N–H and O–H groups in total. The van der Waals surface area contributed by atoms with Crippen molar-refractivity contribution in [2.45, 2.75) is 19.3 Å². The standard InChI is InChI=1S/C28H26ClFN4O4/c1-37-25-9-7-22(16-32-25)33-27(36)23-14-20(29)4-8-24(23)38-17-26(35)34-12-10-28(18-31,11-13-34)15-19-2-5-21(30)6-3-19/h2-9,14,16H,10-13,15,17H2,1H3,(H,33,36). The van der Waals surface area contributed by atoms with Crippen LogP contribution in [0.15, 0.2) is 60.8 Å². The Morgan fingerprint density at radius 2 is 1.89 bits per heavy atom. The van der Waals surface area contributed by atoms with Crippen molar-refractivity contribution in [3.63, 3.8) is 0 Å². The quantitative estimate of drug-likeness (QED) is 0.439. The minimum Gasteiger partial charge on any atom is -0.483 e. The maximum atomic E-state index is 13.2. The summed E-state index contributed by atoms with van der Waals surface area (Å²) in [5.41, 5.74) is 0.887. The van der Waals surface area contributed by atoms with E-state index in [9.17, 15) is 19.2 Å². The predicted octanol–water partition coefficient (Wildman–Crippen LogP) is 4.89. The number of aromatic nitrogens is 1. The summed E-state index contributed by atoms with van der Waals surface area (Å²) in [4.78, 5) is 31.5. The van der Waals surface area contributed by atoms with Gasteiger partial charge in [0, 0.05) is 24.2 Å². The maximum Gasteiger partial charge on any atom is 0.260 e. The van der Waals surface area contributed by atoms with Crippen LogP contribution < -0.4 is 14.8 Å². The van der Waals surface area contributed by atoms with Crippen LogP contribution in [-0.2, 0) is 11.2 Å². The molecule has 0 spiro atoms. The van der Waals surface area contributed by atoms with Gasteiger partial charge in [-0.15, -0.1) is 0 Å². The lowest BCUT2D eigenvalue weighted by molar-refractivity contribution is -0.135. The van der Waals surface area contributed by atoms with E-state index in [2.05, 4.69) is 16.4 Å². The smallest absolute Gasteiger partial charge is 0.260 e. The van der Waals surface area contributed by atoms with Crippen molar-refractivity contribution in [2.24, 2.45) is 5.41 Å². The monoisotopic (exact) mass is 536 g/mol. The molecule has 10 heteroatoms. The zero-order chi connectivity index (χ0) is 27.1. The topological polar surface area (TPSA) is 105 Å². The molecule has 196 valence electrons. The molecule has 1 aliphatic rings. The van der Waals surface area contributed by atoms with Crippen molar-refractivity contribution in [2.75, 3.05) is 32.1 Å². The zero-order valence-electron chi connectivity index (χ0n) is 20.7. The highest BCUT2D eigenvalue weighted by Gasteiger charge is 2.36. The number of carbonyl (C=O) groups is 2. The first kappa shape index (κ1) is 26.9. The van der Waals surface area contributed by atoms with Gasteiger partial charge in [-0.2, -0.15) is 5.26 Å². The summed E-state index contributed by atoms with van der Waals surface area (Å²) in [6.07, 6.45) is 2.95. The first-order valence-corrected chi connectivity index (χ1v) is 12.4. The van der Waals surface area contributed by atoms with Crippen LogP contribution in [-0.4, -0.2) is 48.5 Å². The van der Waals surface area contributed by atoms with Gasteiger partial charge in [-0.3, -0.25) is 9.59 Å². The van der Waals surface area contributed by atoms with Gasteiger partial charge in [-0.1, -0.05) is 23.7 Å². The molecule has 1 fully saturated rings. The molecule has 0 aliphatic carbocycles. The van der Waals surface area contributed by atoms with E-state index in [1.165, 1.54) is 37.6 Å². The number of rotatable bonds is 8. The number of methoxy groups -OCH3 is 1. The number of piperidine rings is 1. The van der Waals surface area contributed by atoms with Crippen molar-refractivity contribution in [3.8, 4) is 17.7 Å². The van der Waals surface area contributed by atoms with Crippen LogP contribution in [0.1, 0.15) is 28.8 Å². The molecule has 2 heterocycles. The Morgan fingerprint density at radius 1 is 1.16 bits per heavy atom. The molecule has 0 atom stereocenters. The number of benzene rings is 2. The number of hydrogen-bond acceptors (Lipinski definition) is 6. The first-order valence-electron chi connectivity index (χ1n) is 12.0. The highest BCUT2D eigenvalue weighted by atomic mass is 35.5. The van der Waals surface area contributed by atoms with Gasteiger partial charge in [-0.05, 0) is 61.2 Å². The number of nitrogens with one attached hydrogen (secondary N) is 1. The summed E-state index contributed by atoms with van der Waals surface area (Å²) in [7, 11) is 1.50. The zero-order valence-corrected chi connectivity index (χ0v) is 21.5. The summed E-state index contributed by atoms with van der Waals surface area (Å²) < 4.78 is 24.0. The normalized spacial score (nSPS) is 14.3. The lowest BCUT2D eigenvalue weighted by Gasteiger charge is -2.37. The summed E-state index contributed by atoms with van der Waals surface area (Å²) in [6, 6.07) is 16.4. The van der Waals surface area contributed by atoms with Gasteiger partial charge in [0.15, 0.2) is 6.61 Å². The highest BCUT2D eigenvalue weighted by Crippen LogP contribution is 2.35. The van der Waals surface area contributed by atoms with Crippen molar-refractivity contribution in [3.05, 3.63) is 82.8 Å². The predicted molar refractivity (Wildman–Crippen MR) is 140 cm³/mol. The molecule has 0 unspecified atom stereocenters. The molecule has 1 saturated heterocycles. The second-order valence-electron chi connectivity index (χ2n) is 9.05. The van der Waals surface area contributed by atoms with Gasteiger partial charge in [0.1, 0.15) is 11.6 Å². The molecule has 0 saturated carbocycles. The molecule has 2 amide bonds. The van der Waals surface area contributed by atoms with Crippen LogP contribution in [0.4, 0.5) is 10.1 Å². The van der Waals surface area contributed by atoms with Gasteiger partial charge in [0.2, 0.25) is 5.88 Å². The molecule has 0 radical (unpaired) electrons. The summed E-state index contributed by atoms with van der Waals surface area (Å²) in [6.45, 7) is 0.522. The Morgan fingerprint density at radius 3 is 2.53 bits per heavy atom. The molecule has 1 aliphatic heterocycles. The van der Waals surface area contributed by atoms with Gasteiger partial charge in [0.05, 0.1) is 36.0 Å². The number of halogens is 2. The third-order valence-corrected chi connectivity index (χ3v) is 6.74. The van der Waals surface area contributed by atoms with E-state index in [4.69, 9.17) is 21.1 Å². The third-order valence-electron chi connectivity index (χ3n) is 6.51. The number of likely N-dealkylation sites (tertiary alicyclic amines) is 1. The van der Waals surface area contributed by atoms with Crippen molar-refractivity contribution < 1.29 is 23.5 Å². The van der Waals surface area contributed by atoms with Crippen LogP contribution in [0.2, 0.25) is 5.02 Å². The molecule has 2 aromatic carbocycles. The minimum absolute atomic E-state index is 0.169. The van der Waals surface area contributed by atoms with Crippen molar-refractivity contribution in [1.82, 2.24) is 9.88 Å². The summed E-state index contributed by atoms with van der Waals surface area (Å²) >= 11 is 6.11. The SMILES string of the molecule is COc1ccc(NC(=O)c2cc(Cl)ccc2OCC(=O)N2CCC(C#N)(Cc3ccc(F)cc3)CC2)cn1. The van der Waals surface area contributed by atoms with E-state index in [0.717, 1.165) is 5.56 Å². The number of nitriles is 1. The fourth-order valence-electron chi connectivity index (χ4n) is 4.31. The first-order chi connectivity index (χ1) is 18.3. The van der Waals surface area contributed by atoms with E-state index in [1.54, 1.807) is 35.2 Å². The molecule has 1 aromatic heterocycles. The number of carbonyl (C=O) groups excluding carboxylic acids is 2. The Bertz CT molecular complexity index is 1330. The van der Waals surface area contributed by atoms with Gasteiger partial charge >= 0.3 is 0 Å². The summed E-state index contributed by atoms with van der Waals surface area (Å²) in [5.74, 6) is -0.424. The second-order valence-corrected chi connectivity index (χ2v) is 9.49. The van der Waals surface area contributed by atoms with Crippen LogP contribution in [0.5, 0.6) is 11.6 Å². The average molecular weight is 537 g/mol. The van der Waals surface area contributed by atoms with E-state index in [1.807, 2.05) is 0 Å². The minimum atomic E-state index is -0.618. The number of pyridine rings is 1. The highest BCUT2D eigenvalue weighted by molar-refractivity contribution is 6.31. The lowest BCUT2D eigenvalue weighted by Crippen LogP contribution is -2.45. The molecule has 8 nitrogen and oxygen atoms in total. The molecule has 3 aromatic rings. The van der Waals surface area contributed by atoms with Crippen LogP contribution in [0.25, 0.3) is 0 Å². The average Bonchev–Trinajstić information content (AvgIpc) is 2.94. The Balaban J connectivity index is 1.35. The van der Waals surface area contributed by atoms with Gasteiger partial charge in [-0.25, -0.2) is 9.37 Å². The molecular weight excluding hydrogens is 511 g/mol. The Kier molecular flexibility index (Phi) is 8.44. The van der Waals surface area contributed by atoms with Crippen LogP contribution in [0, 0.1) is 22.6 Å². The Labute approximate surface area is 224 Å². The fraction of sp³-hybridized carbons (Fsp3) is 0.286. The van der Waals surface area contributed by atoms with Gasteiger partial charge < -0.3 is 19.7 Å². The van der Waals surface area contributed by atoms with E-state index < -0.39 is 11.3 Å². The number of anilines is 1. The van der Waals surface area contributed by atoms with E-state index >= 15 is 0 Å². The number of amides is 2. The second kappa shape index (κ2) is 11.9. The number of ether oxygens (including phenoxy) is 2. The van der Waals surface area contributed by atoms with Crippen molar-refractivity contribution >= 4 is 29.1 Å². The summed E-state index contributed by atoms with van der Waals surface area (Å²) in [5, 5.41) is 12.9. The lowest BCUT2D eigenvalue weighted by atomic mass is 9.75. The largest absolute Gasteiger partial charge is 0.483 e. The molecule has 38 heavy (non-hydrogen) atoms. The fourth-order valence-corrected chi connectivity index (χ4v) is 4.49. The maximum absolute atomic E-state index is 13.2. The molecular formula is C28H26ClFN4O4. The van der Waals surface area contributed by atoms with Crippen molar-refractivity contribution in [1.29, 1.82) is 5.26 Å². The number of nitrogens with zero attached hydrogens (tertiary/aromatic N) is 3. The number of hydrogen-bond donors (Lipinski definition) is 1. The molecule has 4 rings (SSSR count). The van der Waals surface area contributed by atoms with Crippen LogP contribution >= 0.6 is 11.6 Å². The van der Waals surface area contributed by atoms with E-state index in [0.29, 0.717) is 48.9 Å². The Hall–Kier alpha value is -4.16. The van der Waals surface area contributed by atoms with E-state index in [-0.39, 0.29) is 29.6 Å². The van der Waals surface area contributed by atoms with Crippen LogP contribution in [0.3, 0.4) is 0 Å². The molecule has 0 bridgehead atoms. The third kappa shape index (κ3) is 6.58. The van der Waals surface area contributed by atoms with Gasteiger partial charge in [0.25, 0.3) is 11.8 Å².